The first-order chi connectivity index (χ1) is 8.95. The molecule has 0 aromatic heterocycles. The van der Waals surface area contributed by atoms with Crippen LogP contribution in [0, 0.1) is 5.41 Å². The van der Waals surface area contributed by atoms with Crippen molar-refractivity contribution in [2.45, 2.75) is 19.0 Å². The topological polar surface area (TPSA) is 21.3 Å². The maximum Gasteiger partial charge on any atom is 0.416 e. The summed E-state index contributed by atoms with van der Waals surface area (Å²) in [5.74, 6) is 0. The van der Waals surface area contributed by atoms with E-state index < -0.39 is 11.7 Å². The summed E-state index contributed by atoms with van der Waals surface area (Å²) in [6.07, 6.45) is -2.79. The standard InChI is InChI=1S/C14H18F3NO/c1-18-9-13(5-6-19-10-13)8-11-3-2-4-12(7-11)14(15,16)17/h2-4,7,18H,5-6,8-10H2,1H3. The second kappa shape index (κ2) is 5.51. The molecule has 1 atom stereocenters. The van der Waals surface area contributed by atoms with Gasteiger partial charge in [-0.15, -0.1) is 0 Å². The molecule has 1 fully saturated rings. The maximum atomic E-state index is 12.7. The quantitative estimate of drug-likeness (QED) is 0.910. The molecule has 1 aromatic carbocycles. The molecular formula is C14H18F3NO. The third kappa shape index (κ3) is 3.48. The van der Waals surface area contributed by atoms with Crippen LogP contribution in [0.15, 0.2) is 24.3 Å². The van der Waals surface area contributed by atoms with Crippen LogP contribution in [0.2, 0.25) is 0 Å². The average molecular weight is 273 g/mol. The Kier molecular flexibility index (Phi) is 4.16. The predicted octanol–water partition coefficient (Wildman–Crippen LogP) is 2.87. The number of ether oxygens (including phenoxy) is 1. The van der Waals surface area contributed by atoms with Gasteiger partial charge in [0.05, 0.1) is 12.2 Å². The lowest BCUT2D eigenvalue weighted by atomic mass is 9.80. The van der Waals surface area contributed by atoms with Gasteiger partial charge in [0.25, 0.3) is 0 Å². The molecule has 19 heavy (non-hydrogen) atoms. The molecule has 0 radical (unpaired) electrons. The SMILES string of the molecule is CNCC1(Cc2cccc(C(F)(F)F)c2)CCOC1. The molecule has 0 amide bonds. The number of benzene rings is 1. The van der Waals surface area contributed by atoms with Crippen LogP contribution in [-0.4, -0.2) is 26.8 Å². The first kappa shape index (κ1) is 14.3. The molecule has 1 saturated heterocycles. The van der Waals surface area contributed by atoms with E-state index in [-0.39, 0.29) is 5.41 Å². The Bertz CT molecular complexity index is 425. The Morgan fingerprint density at radius 2 is 2.16 bits per heavy atom. The van der Waals surface area contributed by atoms with Crippen molar-refractivity contribution in [1.82, 2.24) is 5.32 Å². The van der Waals surface area contributed by atoms with Gasteiger partial charge in [0.1, 0.15) is 0 Å². The van der Waals surface area contributed by atoms with Crippen molar-refractivity contribution < 1.29 is 17.9 Å². The molecule has 2 rings (SSSR count). The lowest BCUT2D eigenvalue weighted by Crippen LogP contribution is -2.35. The van der Waals surface area contributed by atoms with E-state index in [1.54, 1.807) is 6.07 Å². The van der Waals surface area contributed by atoms with E-state index in [9.17, 15) is 13.2 Å². The van der Waals surface area contributed by atoms with Gasteiger partial charge >= 0.3 is 6.18 Å². The van der Waals surface area contributed by atoms with Gasteiger partial charge in [-0.05, 0) is 31.5 Å². The van der Waals surface area contributed by atoms with Crippen LogP contribution in [0.1, 0.15) is 17.5 Å². The van der Waals surface area contributed by atoms with Gasteiger partial charge in [0.15, 0.2) is 0 Å². The summed E-state index contributed by atoms with van der Waals surface area (Å²) in [7, 11) is 1.85. The summed E-state index contributed by atoms with van der Waals surface area (Å²) in [6.45, 7) is 2.04. The van der Waals surface area contributed by atoms with Crippen LogP contribution >= 0.6 is 0 Å². The van der Waals surface area contributed by atoms with Crippen LogP contribution in [0.5, 0.6) is 0 Å². The Labute approximate surface area is 111 Å². The molecule has 1 aromatic rings. The zero-order valence-corrected chi connectivity index (χ0v) is 10.9. The van der Waals surface area contributed by atoms with Gasteiger partial charge in [0, 0.05) is 18.6 Å². The monoisotopic (exact) mass is 273 g/mol. The zero-order valence-electron chi connectivity index (χ0n) is 10.9. The Morgan fingerprint density at radius 1 is 1.37 bits per heavy atom. The second-order valence-electron chi connectivity index (χ2n) is 5.21. The first-order valence-electron chi connectivity index (χ1n) is 6.34. The van der Waals surface area contributed by atoms with Crippen LogP contribution < -0.4 is 5.32 Å². The molecule has 5 heteroatoms. The van der Waals surface area contributed by atoms with E-state index >= 15 is 0 Å². The summed E-state index contributed by atoms with van der Waals surface area (Å²) < 4.78 is 43.5. The van der Waals surface area contributed by atoms with Gasteiger partial charge < -0.3 is 10.1 Å². The van der Waals surface area contributed by atoms with Crippen LogP contribution in [0.25, 0.3) is 0 Å². The number of halogens is 3. The van der Waals surface area contributed by atoms with Crippen molar-refractivity contribution in [2.75, 3.05) is 26.8 Å². The predicted molar refractivity (Wildman–Crippen MR) is 66.9 cm³/mol. The van der Waals surface area contributed by atoms with Crippen molar-refractivity contribution in [2.24, 2.45) is 5.41 Å². The molecule has 0 spiro atoms. The van der Waals surface area contributed by atoms with Crippen molar-refractivity contribution in [3.63, 3.8) is 0 Å². The van der Waals surface area contributed by atoms with E-state index in [1.165, 1.54) is 12.1 Å². The minimum Gasteiger partial charge on any atom is -0.381 e. The molecule has 0 aliphatic carbocycles. The molecule has 0 saturated carbocycles. The number of alkyl halides is 3. The molecule has 2 nitrogen and oxygen atoms in total. The Morgan fingerprint density at radius 3 is 2.74 bits per heavy atom. The highest BCUT2D eigenvalue weighted by Crippen LogP contribution is 2.34. The molecule has 0 bridgehead atoms. The lowest BCUT2D eigenvalue weighted by molar-refractivity contribution is -0.137. The smallest absolute Gasteiger partial charge is 0.381 e. The minimum absolute atomic E-state index is 0.0844. The van der Waals surface area contributed by atoms with Crippen LogP contribution in [0.4, 0.5) is 13.2 Å². The molecule has 1 heterocycles. The van der Waals surface area contributed by atoms with Crippen molar-refractivity contribution in [3.05, 3.63) is 35.4 Å². The second-order valence-corrected chi connectivity index (χ2v) is 5.21. The minimum atomic E-state index is -4.28. The van der Waals surface area contributed by atoms with E-state index in [0.717, 1.165) is 24.6 Å². The van der Waals surface area contributed by atoms with E-state index in [2.05, 4.69) is 5.32 Å². The normalized spacial score (nSPS) is 23.8. The summed E-state index contributed by atoms with van der Waals surface area (Å²) >= 11 is 0. The van der Waals surface area contributed by atoms with E-state index in [1.807, 2.05) is 7.05 Å². The largest absolute Gasteiger partial charge is 0.416 e. The maximum absolute atomic E-state index is 12.7. The Hall–Kier alpha value is -1.07. The highest BCUT2D eigenvalue weighted by molar-refractivity contribution is 5.26. The number of hydrogen-bond acceptors (Lipinski definition) is 2. The van der Waals surface area contributed by atoms with Gasteiger partial charge in [-0.2, -0.15) is 13.2 Å². The molecule has 1 N–H and O–H groups in total. The lowest BCUT2D eigenvalue weighted by Gasteiger charge is -2.27. The van der Waals surface area contributed by atoms with Crippen molar-refractivity contribution >= 4 is 0 Å². The number of rotatable bonds is 4. The third-order valence-electron chi connectivity index (χ3n) is 3.57. The first-order valence-corrected chi connectivity index (χ1v) is 6.34. The van der Waals surface area contributed by atoms with Gasteiger partial charge in [-0.1, -0.05) is 18.2 Å². The van der Waals surface area contributed by atoms with Crippen LogP contribution in [0.3, 0.4) is 0 Å². The highest BCUT2D eigenvalue weighted by atomic mass is 19.4. The Balaban J connectivity index is 2.18. The fourth-order valence-electron chi connectivity index (χ4n) is 2.66. The average Bonchev–Trinajstić information content (AvgIpc) is 2.77. The number of hydrogen-bond donors (Lipinski definition) is 1. The third-order valence-corrected chi connectivity index (χ3v) is 3.57. The summed E-state index contributed by atoms with van der Waals surface area (Å²) in [6, 6.07) is 5.58. The molecule has 1 unspecified atom stereocenters. The van der Waals surface area contributed by atoms with Crippen molar-refractivity contribution in [3.8, 4) is 0 Å². The summed E-state index contributed by atoms with van der Waals surface area (Å²) in [4.78, 5) is 0. The van der Waals surface area contributed by atoms with Crippen LogP contribution in [-0.2, 0) is 17.3 Å². The molecule has 1 aliphatic rings. The fraction of sp³-hybridized carbons (Fsp3) is 0.571. The number of nitrogens with one attached hydrogen (secondary N) is 1. The van der Waals surface area contributed by atoms with Gasteiger partial charge in [-0.25, -0.2) is 0 Å². The van der Waals surface area contributed by atoms with Gasteiger partial charge in [-0.3, -0.25) is 0 Å². The van der Waals surface area contributed by atoms with E-state index in [0.29, 0.717) is 19.6 Å². The summed E-state index contributed by atoms with van der Waals surface area (Å²) in [5.41, 5.74) is 0.0537. The zero-order chi connectivity index (χ0) is 13.9. The van der Waals surface area contributed by atoms with Gasteiger partial charge in [0.2, 0.25) is 0 Å². The summed E-state index contributed by atoms with van der Waals surface area (Å²) in [5, 5.41) is 3.11. The fourth-order valence-corrected chi connectivity index (χ4v) is 2.66. The van der Waals surface area contributed by atoms with Crippen molar-refractivity contribution in [1.29, 1.82) is 0 Å². The van der Waals surface area contributed by atoms with E-state index in [4.69, 9.17) is 4.74 Å². The molecular weight excluding hydrogens is 255 g/mol. The molecule has 106 valence electrons. The highest BCUT2D eigenvalue weighted by Gasteiger charge is 2.35. The molecule has 1 aliphatic heterocycles.